The van der Waals surface area contributed by atoms with Crippen molar-refractivity contribution in [2.24, 2.45) is 30.2 Å². The van der Waals surface area contributed by atoms with Gasteiger partial charge in [-0.1, -0.05) is 0 Å². The predicted molar refractivity (Wildman–Crippen MR) is 73.5 cm³/mol. The van der Waals surface area contributed by atoms with Gasteiger partial charge in [0, 0.05) is 19.7 Å². The van der Waals surface area contributed by atoms with E-state index in [1.165, 1.54) is 38.5 Å². The number of aromatic nitrogens is 2. The van der Waals surface area contributed by atoms with Gasteiger partial charge in [-0.2, -0.15) is 5.10 Å². The molecule has 1 heterocycles. The molecule has 4 aliphatic carbocycles. The first-order valence-corrected chi connectivity index (χ1v) is 7.79. The van der Waals surface area contributed by atoms with E-state index >= 15 is 0 Å². The van der Waals surface area contributed by atoms with Crippen molar-refractivity contribution in [1.29, 1.82) is 0 Å². The minimum Gasteiger partial charge on any atom is -0.392 e. The SMILES string of the molecule is Cn1ccc(CC(O)C23CC4CC(CC(C4)C2)C3)n1. The summed E-state index contributed by atoms with van der Waals surface area (Å²) in [5.74, 6) is 2.72. The van der Waals surface area contributed by atoms with Crippen LogP contribution >= 0.6 is 0 Å². The minimum absolute atomic E-state index is 0.184. The van der Waals surface area contributed by atoms with Crippen LogP contribution in [0.15, 0.2) is 12.3 Å². The first kappa shape index (κ1) is 12.0. The van der Waals surface area contributed by atoms with Crippen LogP contribution in [-0.2, 0) is 13.5 Å². The van der Waals surface area contributed by atoms with Gasteiger partial charge in [-0.25, -0.2) is 0 Å². The third-order valence-corrected chi connectivity index (χ3v) is 5.96. The number of rotatable bonds is 3. The quantitative estimate of drug-likeness (QED) is 0.907. The summed E-state index contributed by atoms with van der Waals surface area (Å²) in [7, 11) is 1.95. The average molecular weight is 260 g/mol. The van der Waals surface area contributed by atoms with Gasteiger partial charge in [0.25, 0.3) is 0 Å². The number of aryl methyl sites for hydroxylation is 1. The van der Waals surface area contributed by atoms with E-state index in [0.29, 0.717) is 0 Å². The maximum atomic E-state index is 10.8. The molecule has 1 aromatic heterocycles. The molecule has 3 heteroatoms. The van der Waals surface area contributed by atoms with Crippen LogP contribution in [0, 0.1) is 23.2 Å². The lowest BCUT2D eigenvalue weighted by molar-refractivity contribution is -0.119. The summed E-state index contributed by atoms with van der Waals surface area (Å²) in [4.78, 5) is 0. The molecule has 0 amide bonds. The van der Waals surface area contributed by atoms with Crippen molar-refractivity contribution in [3.8, 4) is 0 Å². The largest absolute Gasteiger partial charge is 0.392 e. The first-order valence-electron chi connectivity index (χ1n) is 7.79. The standard InChI is InChI=1S/C16H24N2O/c1-18-3-2-14(17-18)7-15(19)16-8-11-4-12(9-16)6-13(5-11)10-16/h2-3,11-13,15,19H,4-10H2,1H3. The normalized spacial score (nSPS) is 41.7. The van der Waals surface area contributed by atoms with Gasteiger partial charge < -0.3 is 5.11 Å². The molecule has 4 fully saturated rings. The van der Waals surface area contributed by atoms with Crippen LogP contribution in [0.5, 0.6) is 0 Å². The van der Waals surface area contributed by atoms with E-state index in [4.69, 9.17) is 0 Å². The second kappa shape index (κ2) is 4.08. The molecule has 0 radical (unpaired) electrons. The number of hydrogen-bond acceptors (Lipinski definition) is 2. The molecule has 3 nitrogen and oxygen atoms in total. The zero-order valence-electron chi connectivity index (χ0n) is 11.8. The lowest BCUT2D eigenvalue weighted by atomic mass is 9.48. The Morgan fingerprint density at radius 1 is 1.26 bits per heavy atom. The summed E-state index contributed by atoms with van der Waals surface area (Å²) in [5, 5.41) is 15.3. The molecule has 1 aromatic rings. The van der Waals surface area contributed by atoms with E-state index in [2.05, 4.69) is 5.10 Å². The molecule has 4 saturated carbocycles. The van der Waals surface area contributed by atoms with Crippen LogP contribution in [-0.4, -0.2) is 21.0 Å². The number of aliphatic hydroxyl groups excluding tert-OH is 1. The van der Waals surface area contributed by atoms with E-state index in [9.17, 15) is 5.11 Å². The van der Waals surface area contributed by atoms with E-state index < -0.39 is 0 Å². The van der Waals surface area contributed by atoms with Crippen molar-refractivity contribution < 1.29 is 5.11 Å². The molecule has 4 aliphatic rings. The van der Waals surface area contributed by atoms with Crippen molar-refractivity contribution >= 4 is 0 Å². The Kier molecular flexibility index (Phi) is 2.57. The fourth-order valence-corrected chi connectivity index (χ4v) is 5.57. The topological polar surface area (TPSA) is 38.0 Å². The van der Waals surface area contributed by atoms with Crippen LogP contribution in [0.25, 0.3) is 0 Å². The van der Waals surface area contributed by atoms with E-state index in [0.717, 1.165) is 29.9 Å². The number of nitrogens with zero attached hydrogens (tertiary/aromatic N) is 2. The Morgan fingerprint density at radius 3 is 2.32 bits per heavy atom. The van der Waals surface area contributed by atoms with Gasteiger partial charge in [-0.15, -0.1) is 0 Å². The summed E-state index contributed by atoms with van der Waals surface area (Å²) in [6, 6.07) is 2.05. The molecule has 0 aromatic carbocycles. The van der Waals surface area contributed by atoms with Crippen molar-refractivity contribution in [1.82, 2.24) is 9.78 Å². The Hall–Kier alpha value is -0.830. The summed E-state index contributed by atoms with van der Waals surface area (Å²) in [5.41, 5.74) is 1.28. The van der Waals surface area contributed by atoms with Gasteiger partial charge >= 0.3 is 0 Å². The number of aliphatic hydroxyl groups is 1. The Balaban J connectivity index is 1.54. The molecule has 0 spiro atoms. The summed E-state index contributed by atoms with van der Waals surface area (Å²) in [6.07, 6.45) is 10.7. The Bertz CT molecular complexity index is 444. The third kappa shape index (κ3) is 1.94. The maximum absolute atomic E-state index is 10.8. The highest BCUT2D eigenvalue weighted by Gasteiger charge is 2.53. The first-order chi connectivity index (χ1) is 9.13. The summed E-state index contributed by atoms with van der Waals surface area (Å²) < 4.78 is 1.84. The van der Waals surface area contributed by atoms with Crippen molar-refractivity contribution in [2.75, 3.05) is 0 Å². The number of hydrogen-bond donors (Lipinski definition) is 1. The average Bonchev–Trinajstić information content (AvgIpc) is 2.73. The van der Waals surface area contributed by atoms with Crippen LogP contribution in [0.1, 0.15) is 44.2 Å². The molecular formula is C16H24N2O. The van der Waals surface area contributed by atoms with Crippen LogP contribution < -0.4 is 0 Å². The Morgan fingerprint density at radius 2 is 1.84 bits per heavy atom. The fourth-order valence-electron chi connectivity index (χ4n) is 5.57. The van der Waals surface area contributed by atoms with Gasteiger partial charge in [0.1, 0.15) is 0 Å². The highest BCUT2D eigenvalue weighted by molar-refractivity contribution is 5.08. The van der Waals surface area contributed by atoms with E-state index in [1.807, 2.05) is 24.0 Å². The third-order valence-electron chi connectivity index (χ3n) is 5.96. The van der Waals surface area contributed by atoms with Crippen LogP contribution in [0.3, 0.4) is 0 Å². The lowest BCUT2D eigenvalue weighted by Crippen LogP contribution is -2.52. The van der Waals surface area contributed by atoms with Crippen LogP contribution in [0.2, 0.25) is 0 Å². The molecule has 0 saturated heterocycles. The highest BCUT2D eigenvalue weighted by Crippen LogP contribution is 2.61. The molecule has 0 aliphatic heterocycles. The van der Waals surface area contributed by atoms with Crippen molar-refractivity contribution in [2.45, 2.75) is 51.0 Å². The highest BCUT2D eigenvalue weighted by atomic mass is 16.3. The van der Waals surface area contributed by atoms with Crippen molar-refractivity contribution in [3.05, 3.63) is 18.0 Å². The molecular weight excluding hydrogens is 236 g/mol. The second-order valence-corrected chi connectivity index (χ2v) is 7.48. The molecule has 1 unspecified atom stereocenters. The molecule has 19 heavy (non-hydrogen) atoms. The van der Waals surface area contributed by atoms with Crippen LogP contribution in [0.4, 0.5) is 0 Å². The molecule has 1 N–H and O–H groups in total. The van der Waals surface area contributed by atoms with Crippen molar-refractivity contribution in [3.63, 3.8) is 0 Å². The molecule has 1 atom stereocenters. The van der Waals surface area contributed by atoms with Gasteiger partial charge in [0.05, 0.1) is 11.8 Å². The summed E-state index contributed by atoms with van der Waals surface area (Å²) >= 11 is 0. The smallest absolute Gasteiger partial charge is 0.0652 e. The predicted octanol–water partition coefficient (Wildman–Crippen LogP) is 2.54. The molecule has 5 rings (SSSR count). The molecule has 4 bridgehead atoms. The van der Waals surface area contributed by atoms with Gasteiger partial charge in [-0.05, 0) is 67.8 Å². The fraction of sp³-hybridized carbons (Fsp3) is 0.812. The monoisotopic (exact) mass is 260 g/mol. The summed E-state index contributed by atoms with van der Waals surface area (Å²) in [6.45, 7) is 0. The zero-order chi connectivity index (χ0) is 13.0. The minimum atomic E-state index is -0.184. The maximum Gasteiger partial charge on any atom is 0.0652 e. The van der Waals surface area contributed by atoms with Gasteiger partial charge in [0.2, 0.25) is 0 Å². The van der Waals surface area contributed by atoms with Gasteiger partial charge in [-0.3, -0.25) is 4.68 Å². The van der Waals surface area contributed by atoms with E-state index in [-0.39, 0.29) is 11.5 Å². The second-order valence-electron chi connectivity index (χ2n) is 7.48. The Labute approximate surface area is 115 Å². The zero-order valence-corrected chi connectivity index (χ0v) is 11.8. The molecule has 104 valence electrons. The van der Waals surface area contributed by atoms with Gasteiger partial charge in [0.15, 0.2) is 0 Å². The lowest BCUT2D eigenvalue weighted by Gasteiger charge is -2.58. The van der Waals surface area contributed by atoms with E-state index in [1.54, 1.807) is 0 Å².